The van der Waals surface area contributed by atoms with Crippen LogP contribution in [-0.4, -0.2) is 10.8 Å². The number of carbonyl (C=O) groups excluding carboxylic acids is 1. The summed E-state index contributed by atoms with van der Waals surface area (Å²) in [6.45, 7) is 4.08. The Morgan fingerprint density at radius 1 is 1.04 bits per heavy atom. The van der Waals surface area contributed by atoms with E-state index in [2.05, 4.69) is 4.98 Å². The van der Waals surface area contributed by atoms with Crippen molar-refractivity contribution in [2.75, 3.05) is 5.73 Å². The third-order valence-corrected chi connectivity index (χ3v) is 4.76. The van der Waals surface area contributed by atoms with Crippen LogP contribution in [0.5, 0.6) is 0 Å². The van der Waals surface area contributed by atoms with E-state index in [4.69, 9.17) is 10.2 Å². The van der Waals surface area contributed by atoms with Gasteiger partial charge in [-0.05, 0) is 40.8 Å². The molecular formula is C23H20N2O2. The first-order valence-electron chi connectivity index (χ1n) is 8.92. The summed E-state index contributed by atoms with van der Waals surface area (Å²) in [7, 11) is 0. The number of nitrogens with zero attached hydrogens (tertiary/aromatic N) is 1. The summed E-state index contributed by atoms with van der Waals surface area (Å²) in [5, 5.41) is 0.744. The Bertz CT molecular complexity index is 1130. The Balaban J connectivity index is 1.81. The fraction of sp³-hybridized carbons (Fsp3) is 0.130. The maximum absolute atomic E-state index is 13.1. The van der Waals surface area contributed by atoms with Crippen molar-refractivity contribution >= 4 is 22.4 Å². The second-order valence-electron chi connectivity index (χ2n) is 6.87. The predicted molar refractivity (Wildman–Crippen MR) is 108 cm³/mol. The first-order chi connectivity index (χ1) is 13.1. The molecule has 0 radical (unpaired) electrons. The van der Waals surface area contributed by atoms with Gasteiger partial charge in [0.2, 0.25) is 5.78 Å². The van der Waals surface area contributed by atoms with E-state index in [0.29, 0.717) is 16.8 Å². The molecule has 2 aromatic carbocycles. The van der Waals surface area contributed by atoms with Crippen LogP contribution < -0.4 is 5.73 Å². The number of nitrogen functional groups attached to an aromatic ring is 1. The maximum atomic E-state index is 13.1. The van der Waals surface area contributed by atoms with Gasteiger partial charge in [0.1, 0.15) is 5.58 Å². The second-order valence-corrected chi connectivity index (χ2v) is 6.87. The van der Waals surface area contributed by atoms with Crippen molar-refractivity contribution < 1.29 is 9.21 Å². The van der Waals surface area contributed by atoms with Crippen molar-refractivity contribution in [1.82, 2.24) is 4.98 Å². The molecule has 0 amide bonds. The van der Waals surface area contributed by atoms with Crippen molar-refractivity contribution in [2.24, 2.45) is 0 Å². The highest BCUT2D eigenvalue weighted by molar-refractivity contribution is 6.15. The smallest absolute Gasteiger partial charge is 0.232 e. The van der Waals surface area contributed by atoms with E-state index in [0.717, 1.165) is 22.1 Å². The molecule has 0 spiro atoms. The first-order valence-corrected chi connectivity index (χ1v) is 8.92. The van der Waals surface area contributed by atoms with Crippen molar-refractivity contribution in [3.05, 3.63) is 83.9 Å². The molecule has 2 aromatic heterocycles. The molecule has 0 unspecified atom stereocenters. The molecule has 4 heteroatoms. The van der Waals surface area contributed by atoms with Crippen LogP contribution in [-0.2, 0) is 0 Å². The second kappa shape index (κ2) is 6.72. The molecule has 0 aliphatic carbocycles. The number of aromatic nitrogens is 1. The van der Waals surface area contributed by atoms with Crippen molar-refractivity contribution in [2.45, 2.75) is 19.8 Å². The zero-order chi connectivity index (χ0) is 19.0. The number of fused-ring (bicyclic) bond motifs is 1. The molecule has 0 fully saturated rings. The number of pyridine rings is 1. The number of hydrogen-bond acceptors (Lipinski definition) is 4. The number of benzene rings is 2. The fourth-order valence-electron chi connectivity index (χ4n) is 3.32. The molecule has 0 saturated heterocycles. The van der Waals surface area contributed by atoms with Gasteiger partial charge >= 0.3 is 0 Å². The lowest BCUT2D eigenvalue weighted by molar-refractivity contribution is 0.101. The number of nitrogens with two attached hydrogens (primary N) is 1. The summed E-state index contributed by atoms with van der Waals surface area (Å²) in [5.74, 6) is 0.133. The molecule has 4 rings (SSSR count). The highest BCUT2D eigenvalue weighted by atomic mass is 16.3. The van der Waals surface area contributed by atoms with Gasteiger partial charge in [0, 0.05) is 23.3 Å². The molecule has 4 nitrogen and oxygen atoms in total. The summed E-state index contributed by atoms with van der Waals surface area (Å²) in [5.41, 5.74) is 10.8. The van der Waals surface area contributed by atoms with Gasteiger partial charge in [0.15, 0.2) is 5.76 Å². The molecule has 0 aliphatic rings. The van der Waals surface area contributed by atoms with Gasteiger partial charge in [-0.15, -0.1) is 0 Å². The minimum atomic E-state index is -0.234. The van der Waals surface area contributed by atoms with E-state index in [1.165, 1.54) is 0 Å². The normalized spacial score (nSPS) is 11.2. The quantitative estimate of drug-likeness (QED) is 0.495. The van der Waals surface area contributed by atoms with Crippen molar-refractivity contribution in [3.8, 4) is 11.1 Å². The Morgan fingerprint density at radius 3 is 2.56 bits per heavy atom. The SMILES string of the molecule is CC(C)c1ccncc1C(=O)c1oc2cc(-c3ccccc3)ccc2c1N. The molecule has 0 atom stereocenters. The number of carbonyl (C=O) groups is 1. The molecule has 2 heterocycles. The molecule has 0 bridgehead atoms. The van der Waals surface area contributed by atoms with E-state index >= 15 is 0 Å². The minimum Gasteiger partial charge on any atom is -0.450 e. The highest BCUT2D eigenvalue weighted by Crippen LogP contribution is 2.34. The summed E-state index contributed by atoms with van der Waals surface area (Å²) in [4.78, 5) is 17.2. The Hall–Kier alpha value is -3.40. The van der Waals surface area contributed by atoms with Crippen molar-refractivity contribution in [3.63, 3.8) is 0 Å². The summed E-state index contributed by atoms with van der Waals surface area (Å²) < 4.78 is 5.91. The maximum Gasteiger partial charge on any atom is 0.232 e. The van der Waals surface area contributed by atoms with E-state index in [1.54, 1.807) is 12.4 Å². The zero-order valence-electron chi connectivity index (χ0n) is 15.3. The van der Waals surface area contributed by atoms with Gasteiger partial charge in [0.05, 0.1) is 5.69 Å². The standard InChI is InChI=1S/C23H20N2O2/c1-14(2)17-10-11-25-13-19(17)22(26)23-21(24)18-9-8-16(12-20(18)27-23)15-6-4-3-5-7-15/h3-14H,24H2,1-2H3. The van der Waals surface area contributed by atoms with Crippen LogP contribution in [0.2, 0.25) is 0 Å². The molecule has 134 valence electrons. The van der Waals surface area contributed by atoms with Crippen LogP contribution >= 0.6 is 0 Å². The average Bonchev–Trinajstić information content (AvgIpc) is 3.04. The number of hydrogen-bond donors (Lipinski definition) is 1. The van der Waals surface area contributed by atoms with Crippen LogP contribution in [0, 0.1) is 0 Å². The molecule has 0 aliphatic heterocycles. The minimum absolute atomic E-state index is 0.171. The number of ketones is 1. The monoisotopic (exact) mass is 356 g/mol. The third-order valence-electron chi connectivity index (χ3n) is 4.76. The Labute approximate surface area is 157 Å². The third kappa shape index (κ3) is 2.99. The number of furan rings is 1. The predicted octanol–water partition coefficient (Wildman–Crippen LogP) is 5.43. The van der Waals surface area contributed by atoms with Crippen LogP contribution in [0.25, 0.3) is 22.1 Å². The highest BCUT2D eigenvalue weighted by Gasteiger charge is 2.23. The fourth-order valence-corrected chi connectivity index (χ4v) is 3.32. The van der Waals surface area contributed by atoms with Gasteiger partial charge < -0.3 is 10.2 Å². The van der Waals surface area contributed by atoms with Gasteiger partial charge in [-0.1, -0.05) is 50.2 Å². The van der Waals surface area contributed by atoms with E-state index in [-0.39, 0.29) is 17.5 Å². The van der Waals surface area contributed by atoms with E-state index < -0.39 is 0 Å². The largest absolute Gasteiger partial charge is 0.450 e. The van der Waals surface area contributed by atoms with E-state index in [9.17, 15) is 4.79 Å². The number of anilines is 1. The van der Waals surface area contributed by atoms with Gasteiger partial charge in [-0.3, -0.25) is 9.78 Å². The summed E-state index contributed by atoms with van der Waals surface area (Å²) in [6, 6.07) is 17.7. The summed E-state index contributed by atoms with van der Waals surface area (Å²) >= 11 is 0. The Morgan fingerprint density at radius 2 is 1.81 bits per heavy atom. The Kier molecular flexibility index (Phi) is 4.24. The van der Waals surface area contributed by atoms with Gasteiger partial charge in [-0.25, -0.2) is 0 Å². The van der Waals surface area contributed by atoms with Gasteiger partial charge in [-0.2, -0.15) is 0 Å². The van der Waals surface area contributed by atoms with Crippen LogP contribution in [0.4, 0.5) is 5.69 Å². The van der Waals surface area contributed by atoms with Crippen LogP contribution in [0.15, 0.2) is 71.4 Å². The topological polar surface area (TPSA) is 69.1 Å². The molecule has 2 N–H and O–H groups in total. The lowest BCUT2D eigenvalue weighted by atomic mass is 9.95. The van der Waals surface area contributed by atoms with Crippen LogP contribution in [0.3, 0.4) is 0 Å². The molecule has 27 heavy (non-hydrogen) atoms. The molecular weight excluding hydrogens is 336 g/mol. The van der Waals surface area contributed by atoms with Gasteiger partial charge in [0.25, 0.3) is 0 Å². The molecule has 4 aromatic rings. The average molecular weight is 356 g/mol. The lowest BCUT2D eigenvalue weighted by Crippen LogP contribution is -2.08. The summed E-state index contributed by atoms with van der Waals surface area (Å²) in [6.07, 6.45) is 3.28. The first kappa shape index (κ1) is 17.0. The molecule has 0 saturated carbocycles. The number of rotatable bonds is 4. The van der Waals surface area contributed by atoms with E-state index in [1.807, 2.05) is 68.4 Å². The lowest BCUT2D eigenvalue weighted by Gasteiger charge is -2.10. The zero-order valence-corrected chi connectivity index (χ0v) is 15.3. The van der Waals surface area contributed by atoms with Crippen molar-refractivity contribution in [1.29, 1.82) is 0 Å². The van der Waals surface area contributed by atoms with Crippen LogP contribution in [0.1, 0.15) is 41.4 Å².